The van der Waals surface area contributed by atoms with Crippen LogP contribution in [0.5, 0.6) is 0 Å². The molecule has 6 heteroatoms. The van der Waals surface area contributed by atoms with Crippen molar-refractivity contribution in [2.24, 2.45) is 0 Å². The van der Waals surface area contributed by atoms with Crippen molar-refractivity contribution in [3.05, 3.63) is 87.1 Å². The molecule has 0 spiro atoms. The molecule has 0 saturated carbocycles. The maximum absolute atomic E-state index is 10.7. The van der Waals surface area contributed by atoms with Crippen molar-refractivity contribution in [1.82, 2.24) is 0 Å². The van der Waals surface area contributed by atoms with Crippen molar-refractivity contribution in [3.8, 4) is 17.4 Å². The second-order valence-electron chi connectivity index (χ2n) is 5.18. The number of furan rings is 1. The molecule has 3 aromatic rings. The Balaban J connectivity index is 1.88. The number of hydrogen-bond acceptors (Lipinski definition) is 4. The van der Waals surface area contributed by atoms with Crippen LogP contribution in [0.15, 0.2) is 65.1 Å². The molecule has 0 fully saturated rings. The molecule has 25 heavy (non-hydrogen) atoms. The zero-order valence-corrected chi connectivity index (χ0v) is 13.6. The minimum absolute atomic E-state index is 0.0185. The first-order valence-electron chi connectivity index (χ1n) is 7.29. The molecule has 0 radical (unpaired) electrons. The molecule has 0 bridgehead atoms. The van der Waals surface area contributed by atoms with Crippen molar-refractivity contribution < 1.29 is 9.34 Å². The summed E-state index contributed by atoms with van der Waals surface area (Å²) in [6, 6.07) is 18.7. The third-order valence-electron chi connectivity index (χ3n) is 3.55. The van der Waals surface area contributed by atoms with E-state index in [-0.39, 0.29) is 5.69 Å². The predicted octanol–water partition coefficient (Wildman–Crippen LogP) is 5.57. The maximum atomic E-state index is 10.7. The van der Waals surface area contributed by atoms with Gasteiger partial charge in [-0.2, -0.15) is 5.26 Å². The van der Waals surface area contributed by atoms with E-state index >= 15 is 0 Å². The van der Waals surface area contributed by atoms with Gasteiger partial charge in [0, 0.05) is 22.7 Å². The highest BCUT2D eigenvalue weighted by atomic mass is 35.5. The number of nitro groups is 1. The van der Waals surface area contributed by atoms with Crippen molar-refractivity contribution in [1.29, 1.82) is 5.26 Å². The van der Waals surface area contributed by atoms with Crippen molar-refractivity contribution in [2.45, 2.75) is 0 Å². The van der Waals surface area contributed by atoms with Crippen LogP contribution in [0.2, 0.25) is 5.02 Å². The van der Waals surface area contributed by atoms with E-state index in [4.69, 9.17) is 16.0 Å². The van der Waals surface area contributed by atoms with E-state index in [9.17, 15) is 15.4 Å². The third kappa shape index (κ3) is 3.77. The topological polar surface area (TPSA) is 80.1 Å². The summed E-state index contributed by atoms with van der Waals surface area (Å²) in [6.45, 7) is 0. The van der Waals surface area contributed by atoms with E-state index in [1.165, 1.54) is 12.1 Å². The number of nitriles is 1. The highest BCUT2D eigenvalue weighted by Gasteiger charge is 2.09. The summed E-state index contributed by atoms with van der Waals surface area (Å²) in [5, 5.41) is 20.7. The lowest BCUT2D eigenvalue weighted by atomic mass is 10.1. The van der Waals surface area contributed by atoms with Gasteiger partial charge in [-0.1, -0.05) is 23.7 Å². The molecule has 0 atom stereocenters. The summed E-state index contributed by atoms with van der Waals surface area (Å²) in [5.74, 6) is 1.08. The van der Waals surface area contributed by atoms with Crippen molar-refractivity contribution in [2.75, 3.05) is 0 Å². The number of rotatable bonds is 4. The maximum Gasteiger partial charge on any atom is 0.269 e. The standard InChI is InChI=1S/C19H11ClN2O3/c20-16-5-1-13(2-6-16)15(12-21)11-18-9-10-19(25-18)14-3-7-17(8-4-14)22(23)24/h1-11H. The van der Waals surface area contributed by atoms with E-state index in [0.717, 1.165) is 11.1 Å². The fourth-order valence-corrected chi connectivity index (χ4v) is 2.41. The molecule has 122 valence electrons. The van der Waals surface area contributed by atoms with Crippen LogP contribution >= 0.6 is 11.6 Å². The molecule has 0 unspecified atom stereocenters. The summed E-state index contributed by atoms with van der Waals surface area (Å²) >= 11 is 5.86. The van der Waals surface area contributed by atoms with Gasteiger partial charge in [-0.25, -0.2) is 0 Å². The number of halogens is 1. The molecular formula is C19H11ClN2O3. The Morgan fingerprint density at radius 1 is 1.08 bits per heavy atom. The van der Waals surface area contributed by atoms with Gasteiger partial charge >= 0.3 is 0 Å². The molecule has 0 aliphatic carbocycles. The average Bonchev–Trinajstić information content (AvgIpc) is 3.09. The number of non-ortho nitro benzene ring substituents is 1. The van der Waals surface area contributed by atoms with Gasteiger partial charge in [-0.05, 0) is 48.0 Å². The molecule has 1 aromatic heterocycles. The van der Waals surface area contributed by atoms with Crippen LogP contribution in [0, 0.1) is 21.4 Å². The van der Waals surface area contributed by atoms with E-state index in [1.54, 1.807) is 54.6 Å². The van der Waals surface area contributed by atoms with Gasteiger partial charge < -0.3 is 4.42 Å². The molecule has 0 saturated heterocycles. The Bertz CT molecular complexity index is 981. The summed E-state index contributed by atoms with van der Waals surface area (Å²) in [5.41, 5.74) is 1.92. The van der Waals surface area contributed by atoms with Crippen LogP contribution in [0.4, 0.5) is 5.69 Å². The molecule has 2 aromatic carbocycles. The summed E-state index contributed by atoms with van der Waals surface area (Å²) < 4.78 is 5.72. The largest absolute Gasteiger partial charge is 0.457 e. The first kappa shape index (κ1) is 16.5. The van der Waals surface area contributed by atoms with Gasteiger partial charge in [0.15, 0.2) is 0 Å². The smallest absolute Gasteiger partial charge is 0.269 e. The Hall–Kier alpha value is -3.36. The van der Waals surface area contributed by atoms with Gasteiger partial charge in [0.05, 0.1) is 16.6 Å². The summed E-state index contributed by atoms with van der Waals surface area (Å²) in [6.07, 6.45) is 1.64. The number of nitro benzene ring substituents is 1. The first-order valence-corrected chi connectivity index (χ1v) is 7.67. The fraction of sp³-hybridized carbons (Fsp3) is 0. The lowest BCUT2D eigenvalue weighted by Gasteiger charge is -1.99. The lowest BCUT2D eigenvalue weighted by Crippen LogP contribution is -1.86. The van der Waals surface area contributed by atoms with Crippen LogP contribution in [-0.2, 0) is 0 Å². The molecule has 0 N–H and O–H groups in total. The summed E-state index contributed by atoms with van der Waals surface area (Å²) in [4.78, 5) is 10.2. The van der Waals surface area contributed by atoms with Crippen molar-refractivity contribution in [3.63, 3.8) is 0 Å². The van der Waals surface area contributed by atoms with E-state index in [2.05, 4.69) is 6.07 Å². The SMILES string of the molecule is N#CC(=Cc1ccc(-c2ccc([N+](=O)[O-])cc2)o1)c1ccc(Cl)cc1. The van der Waals surface area contributed by atoms with E-state index in [0.29, 0.717) is 22.1 Å². The number of nitrogens with zero attached hydrogens (tertiary/aromatic N) is 2. The summed E-state index contributed by atoms with van der Waals surface area (Å²) in [7, 11) is 0. The quantitative estimate of drug-likeness (QED) is 0.350. The number of allylic oxidation sites excluding steroid dienone is 1. The van der Waals surface area contributed by atoms with E-state index in [1.807, 2.05) is 0 Å². The molecule has 0 aliphatic rings. The van der Waals surface area contributed by atoms with Crippen LogP contribution in [0.3, 0.4) is 0 Å². The highest BCUT2D eigenvalue weighted by Crippen LogP contribution is 2.27. The third-order valence-corrected chi connectivity index (χ3v) is 3.80. The van der Waals surface area contributed by atoms with Gasteiger partial charge in [-0.3, -0.25) is 10.1 Å². The molecule has 5 nitrogen and oxygen atoms in total. The molecule has 0 aliphatic heterocycles. The van der Waals surface area contributed by atoms with Gasteiger partial charge in [-0.15, -0.1) is 0 Å². The van der Waals surface area contributed by atoms with Crippen LogP contribution in [0.1, 0.15) is 11.3 Å². The second-order valence-corrected chi connectivity index (χ2v) is 5.62. The van der Waals surface area contributed by atoms with Crippen molar-refractivity contribution >= 4 is 28.9 Å². The normalized spacial score (nSPS) is 11.1. The van der Waals surface area contributed by atoms with Crippen LogP contribution < -0.4 is 0 Å². The van der Waals surface area contributed by atoms with E-state index < -0.39 is 4.92 Å². The van der Waals surface area contributed by atoms with Crippen LogP contribution in [0.25, 0.3) is 23.0 Å². The van der Waals surface area contributed by atoms with Gasteiger partial charge in [0.25, 0.3) is 5.69 Å². The molecule has 3 rings (SSSR count). The second kappa shape index (κ2) is 7.04. The minimum Gasteiger partial charge on any atom is -0.457 e. The monoisotopic (exact) mass is 350 g/mol. The number of benzene rings is 2. The fourth-order valence-electron chi connectivity index (χ4n) is 2.28. The number of hydrogen-bond donors (Lipinski definition) is 0. The first-order chi connectivity index (χ1) is 12.1. The average molecular weight is 351 g/mol. The predicted molar refractivity (Wildman–Crippen MR) is 95.7 cm³/mol. The Morgan fingerprint density at radius 2 is 1.76 bits per heavy atom. The Kier molecular flexibility index (Phi) is 4.64. The minimum atomic E-state index is -0.453. The Labute approximate surface area is 148 Å². The highest BCUT2D eigenvalue weighted by molar-refractivity contribution is 6.30. The lowest BCUT2D eigenvalue weighted by molar-refractivity contribution is -0.384. The van der Waals surface area contributed by atoms with Gasteiger partial charge in [0.2, 0.25) is 0 Å². The zero-order valence-electron chi connectivity index (χ0n) is 12.8. The molecule has 0 amide bonds. The molecule has 1 heterocycles. The molecular weight excluding hydrogens is 340 g/mol. The zero-order chi connectivity index (χ0) is 17.8. The Morgan fingerprint density at radius 3 is 2.36 bits per heavy atom. The van der Waals surface area contributed by atoms with Crippen LogP contribution in [-0.4, -0.2) is 4.92 Å². The van der Waals surface area contributed by atoms with Gasteiger partial charge in [0.1, 0.15) is 11.5 Å².